The third kappa shape index (κ3) is 3.72. The summed E-state index contributed by atoms with van der Waals surface area (Å²) in [7, 11) is 1.71. The summed E-state index contributed by atoms with van der Waals surface area (Å²) < 4.78 is 11.1. The molecule has 2 aromatic rings. The maximum atomic E-state index is 5.92. The van der Waals surface area contributed by atoms with Crippen molar-refractivity contribution in [3.8, 4) is 5.75 Å². The van der Waals surface area contributed by atoms with Gasteiger partial charge in [-0.2, -0.15) is 0 Å². The normalized spacial score (nSPS) is 18.8. The van der Waals surface area contributed by atoms with E-state index < -0.39 is 0 Å². The van der Waals surface area contributed by atoms with Gasteiger partial charge in [-0.15, -0.1) is 0 Å². The monoisotopic (exact) mass is 401 g/mol. The number of piperazine rings is 1. The minimum atomic E-state index is 0.620. The molecule has 0 atom stereocenters. The minimum Gasteiger partial charge on any atom is -0.497 e. The van der Waals surface area contributed by atoms with Crippen LogP contribution >= 0.6 is 12.2 Å². The quantitative estimate of drug-likeness (QED) is 0.780. The average Bonchev–Trinajstić information content (AvgIpc) is 3.32. The molecule has 6 heteroatoms. The van der Waals surface area contributed by atoms with E-state index in [-0.39, 0.29) is 0 Å². The van der Waals surface area contributed by atoms with E-state index in [1.165, 1.54) is 42.8 Å². The molecule has 4 rings (SSSR count). The van der Waals surface area contributed by atoms with Crippen LogP contribution in [-0.4, -0.2) is 42.4 Å². The van der Waals surface area contributed by atoms with Gasteiger partial charge < -0.3 is 19.1 Å². The predicted molar refractivity (Wildman–Crippen MR) is 116 cm³/mol. The fourth-order valence-corrected chi connectivity index (χ4v) is 5.31. The van der Waals surface area contributed by atoms with Gasteiger partial charge in [-0.1, -0.05) is 12.8 Å². The van der Waals surface area contributed by atoms with Crippen molar-refractivity contribution in [1.29, 1.82) is 0 Å². The maximum Gasteiger partial charge on any atom is 0.184 e. The van der Waals surface area contributed by atoms with Gasteiger partial charge in [0, 0.05) is 23.1 Å². The van der Waals surface area contributed by atoms with Crippen LogP contribution in [0, 0.1) is 18.6 Å². The van der Waals surface area contributed by atoms with Gasteiger partial charge in [0.1, 0.15) is 5.75 Å². The van der Waals surface area contributed by atoms with E-state index >= 15 is 0 Å². The average molecular weight is 402 g/mol. The second kappa shape index (κ2) is 8.29. The summed E-state index contributed by atoms with van der Waals surface area (Å²) in [5, 5.41) is 0. The number of nitrogens with zero attached hydrogens (tertiary/aromatic N) is 3. The number of quaternary nitrogens is 1. The van der Waals surface area contributed by atoms with Crippen molar-refractivity contribution in [2.24, 2.45) is 0 Å². The number of rotatable bonds is 5. The Bertz CT molecular complexity index is 856. The summed E-state index contributed by atoms with van der Waals surface area (Å²) in [5.74, 6) is 0.917. The van der Waals surface area contributed by atoms with Crippen molar-refractivity contribution in [2.75, 3.05) is 38.2 Å². The van der Waals surface area contributed by atoms with E-state index in [1.54, 1.807) is 12.0 Å². The van der Waals surface area contributed by atoms with E-state index in [1.807, 2.05) is 12.1 Å². The van der Waals surface area contributed by atoms with Gasteiger partial charge >= 0.3 is 0 Å². The lowest BCUT2D eigenvalue weighted by molar-refractivity contribution is -0.923. The molecule has 0 bridgehead atoms. The van der Waals surface area contributed by atoms with Crippen molar-refractivity contribution in [3.05, 3.63) is 40.4 Å². The molecule has 1 aromatic heterocycles. The van der Waals surface area contributed by atoms with E-state index in [4.69, 9.17) is 17.0 Å². The van der Waals surface area contributed by atoms with Crippen LogP contribution in [-0.2, 0) is 6.67 Å². The summed E-state index contributed by atoms with van der Waals surface area (Å²) >= 11 is 5.92. The molecule has 1 saturated carbocycles. The van der Waals surface area contributed by atoms with E-state index in [0.29, 0.717) is 6.04 Å². The summed E-state index contributed by atoms with van der Waals surface area (Å²) in [4.78, 5) is 4.09. The number of hydrogen-bond donors (Lipinski definition) is 1. The number of imidazole rings is 1. The van der Waals surface area contributed by atoms with Crippen LogP contribution in [0.2, 0.25) is 0 Å². The molecule has 0 radical (unpaired) electrons. The third-order valence-corrected chi connectivity index (χ3v) is 7.12. The van der Waals surface area contributed by atoms with Gasteiger partial charge in [-0.05, 0) is 63.2 Å². The van der Waals surface area contributed by atoms with Gasteiger partial charge in [0.15, 0.2) is 11.4 Å². The molecule has 0 amide bonds. The topological polar surface area (TPSA) is 26.8 Å². The number of hydrogen-bond acceptors (Lipinski definition) is 3. The van der Waals surface area contributed by atoms with Crippen molar-refractivity contribution >= 4 is 17.9 Å². The summed E-state index contributed by atoms with van der Waals surface area (Å²) in [5.41, 5.74) is 4.01. The smallest absolute Gasteiger partial charge is 0.184 e. The molecule has 0 spiro atoms. The summed E-state index contributed by atoms with van der Waals surface area (Å²) in [6.45, 7) is 9.91. The van der Waals surface area contributed by atoms with E-state index in [2.05, 4.69) is 40.0 Å². The lowest BCUT2D eigenvalue weighted by atomic mass is 10.2. The lowest BCUT2D eigenvalue weighted by Crippen LogP contribution is -3.14. The van der Waals surface area contributed by atoms with Gasteiger partial charge in [-0.3, -0.25) is 4.57 Å². The molecule has 1 aliphatic carbocycles. The Morgan fingerprint density at radius 1 is 1.04 bits per heavy atom. The molecule has 1 saturated heterocycles. The fourth-order valence-electron chi connectivity index (χ4n) is 4.82. The first-order chi connectivity index (χ1) is 13.6. The minimum absolute atomic E-state index is 0.620. The molecular weight excluding hydrogens is 368 g/mol. The SMILES string of the molecule is COc1ccc(N2CC[NH+](Cn3c(C)c(C)n(C4CCCC4)c3=S)CC2)cc1. The molecule has 1 N–H and O–H groups in total. The van der Waals surface area contributed by atoms with Crippen LogP contribution in [0.3, 0.4) is 0 Å². The highest BCUT2D eigenvalue weighted by molar-refractivity contribution is 7.71. The molecule has 28 heavy (non-hydrogen) atoms. The van der Waals surface area contributed by atoms with Crippen molar-refractivity contribution in [3.63, 3.8) is 0 Å². The van der Waals surface area contributed by atoms with Crippen LogP contribution in [0.4, 0.5) is 5.69 Å². The largest absolute Gasteiger partial charge is 0.497 e. The Morgan fingerprint density at radius 3 is 2.29 bits per heavy atom. The number of benzene rings is 1. The standard InChI is InChI=1S/C22H32N4OS/c1-17-18(2)26(20-6-4-5-7-20)22(28)25(17)16-23-12-14-24(15-13-23)19-8-10-21(27-3)11-9-19/h8-11,20H,4-7,12-16H2,1-3H3/p+1. The lowest BCUT2D eigenvalue weighted by Gasteiger charge is -2.34. The Kier molecular flexibility index (Phi) is 5.78. The predicted octanol–water partition coefficient (Wildman–Crippen LogP) is 3.12. The number of anilines is 1. The summed E-state index contributed by atoms with van der Waals surface area (Å²) in [6.07, 6.45) is 5.25. The molecule has 2 fully saturated rings. The molecule has 152 valence electrons. The van der Waals surface area contributed by atoms with Crippen LogP contribution in [0.25, 0.3) is 0 Å². The Hall–Kier alpha value is -1.79. The second-order valence-electron chi connectivity index (χ2n) is 8.28. The van der Waals surface area contributed by atoms with E-state index in [9.17, 15) is 0 Å². The zero-order valence-corrected chi connectivity index (χ0v) is 18.2. The van der Waals surface area contributed by atoms with Crippen molar-refractivity contribution in [2.45, 2.75) is 52.2 Å². The molecule has 1 aliphatic heterocycles. The van der Waals surface area contributed by atoms with Crippen LogP contribution in [0.5, 0.6) is 5.75 Å². The van der Waals surface area contributed by atoms with Crippen LogP contribution < -0.4 is 14.5 Å². The number of aromatic nitrogens is 2. The first kappa shape index (κ1) is 19.5. The van der Waals surface area contributed by atoms with Gasteiger partial charge in [0.05, 0.1) is 33.3 Å². The van der Waals surface area contributed by atoms with E-state index in [0.717, 1.165) is 43.4 Å². The van der Waals surface area contributed by atoms with Crippen molar-refractivity contribution in [1.82, 2.24) is 9.13 Å². The first-order valence-corrected chi connectivity index (χ1v) is 11.0. The van der Waals surface area contributed by atoms with Gasteiger partial charge in [0.2, 0.25) is 0 Å². The van der Waals surface area contributed by atoms with Gasteiger partial charge in [-0.25, -0.2) is 0 Å². The molecule has 0 unspecified atom stereocenters. The highest BCUT2D eigenvalue weighted by atomic mass is 32.1. The summed E-state index contributed by atoms with van der Waals surface area (Å²) in [6, 6.07) is 9.04. The zero-order chi connectivity index (χ0) is 19.7. The Morgan fingerprint density at radius 2 is 1.68 bits per heavy atom. The zero-order valence-electron chi connectivity index (χ0n) is 17.4. The second-order valence-corrected chi connectivity index (χ2v) is 8.65. The molecule has 2 aliphatic rings. The molecular formula is C22H33N4OS+. The number of nitrogens with one attached hydrogen (secondary N) is 1. The number of methoxy groups -OCH3 is 1. The third-order valence-electron chi connectivity index (χ3n) is 6.71. The molecule has 1 aromatic carbocycles. The van der Waals surface area contributed by atoms with Crippen molar-refractivity contribution < 1.29 is 9.64 Å². The maximum absolute atomic E-state index is 5.92. The van der Waals surface area contributed by atoms with Gasteiger partial charge in [0.25, 0.3) is 0 Å². The van der Waals surface area contributed by atoms with Crippen LogP contribution in [0.15, 0.2) is 24.3 Å². The van der Waals surface area contributed by atoms with Crippen LogP contribution in [0.1, 0.15) is 43.1 Å². The Balaban J connectivity index is 1.42. The highest BCUT2D eigenvalue weighted by Crippen LogP contribution is 2.32. The Labute approximate surface area is 173 Å². The molecule has 5 nitrogen and oxygen atoms in total. The number of ether oxygens (including phenoxy) is 1. The fraction of sp³-hybridized carbons (Fsp3) is 0.591. The molecule has 2 heterocycles. The first-order valence-electron chi connectivity index (χ1n) is 10.6. The highest BCUT2D eigenvalue weighted by Gasteiger charge is 2.25.